The van der Waals surface area contributed by atoms with Gasteiger partial charge >= 0.3 is 0 Å². The van der Waals surface area contributed by atoms with Gasteiger partial charge < -0.3 is 5.32 Å². The molecule has 0 aromatic carbocycles. The van der Waals surface area contributed by atoms with Crippen molar-refractivity contribution in [3.8, 4) is 0 Å². The monoisotopic (exact) mass is 270 g/mol. The highest BCUT2D eigenvalue weighted by molar-refractivity contribution is 5.99. The summed E-state index contributed by atoms with van der Waals surface area (Å²) in [7, 11) is 0. The fraction of sp³-hybridized carbons (Fsp3) is 0.231. The van der Waals surface area contributed by atoms with Gasteiger partial charge in [-0.3, -0.25) is 19.0 Å². The first-order chi connectivity index (χ1) is 9.66. The van der Waals surface area contributed by atoms with Gasteiger partial charge in [0.05, 0.1) is 23.6 Å². The van der Waals surface area contributed by atoms with Crippen molar-refractivity contribution < 1.29 is 9.59 Å². The number of rotatable bonds is 1. The first kappa shape index (κ1) is 11.2. The maximum atomic E-state index is 12.5. The summed E-state index contributed by atoms with van der Waals surface area (Å²) in [6, 6.07) is 2.64. The fourth-order valence-corrected chi connectivity index (χ4v) is 2.82. The second-order valence-corrected chi connectivity index (χ2v) is 4.90. The van der Waals surface area contributed by atoms with E-state index in [2.05, 4.69) is 10.4 Å². The molecular formula is C13H10N4O3. The van der Waals surface area contributed by atoms with Crippen molar-refractivity contribution in [3.05, 3.63) is 34.9 Å². The lowest BCUT2D eigenvalue weighted by molar-refractivity contribution is -0.133. The van der Waals surface area contributed by atoms with Crippen LogP contribution in [0.2, 0.25) is 0 Å². The Labute approximate surface area is 112 Å². The van der Waals surface area contributed by atoms with Crippen LogP contribution < -0.4 is 10.9 Å². The Kier molecular flexibility index (Phi) is 2.04. The molecule has 1 saturated heterocycles. The molecule has 3 aromatic heterocycles. The zero-order chi connectivity index (χ0) is 13.9. The van der Waals surface area contributed by atoms with Gasteiger partial charge in [0.15, 0.2) is 5.78 Å². The zero-order valence-electron chi connectivity index (χ0n) is 10.4. The number of aromatic nitrogens is 3. The van der Waals surface area contributed by atoms with E-state index in [1.54, 1.807) is 29.0 Å². The number of hydrogen-bond acceptors (Lipinski definition) is 4. The number of ketones is 1. The molecule has 4 heterocycles. The van der Waals surface area contributed by atoms with Gasteiger partial charge in [-0.15, -0.1) is 0 Å². The summed E-state index contributed by atoms with van der Waals surface area (Å²) in [5.74, 6) is -0.383. The van der Waals surface area contributed by atoms with Crippen molar-refractivity contribution in [2.45, 2.75) is 12.5 Å². The van der Waals surface area contributed by atoms with Gasteiger partial charge in [-0.2, -0.15) is 5.10 Å². The van der Waals surface area contributed by atoms with Crippen LogP contribution in [0, 0.1) is 0 Å². The van der Waals surface area contributed by atoms with Gasteiger partial charge in [0.1, 0.15) is 11.6 Å². The first-order valence-corrected chi connectivity index (χ1v) is 6.26. The molecule has 1 fully saturated rings. The minimum absolute atomic E-state index is 0.0355. The van der Waals surface area contributed by atoms with Crippen molar-refractivity contribution in [1.29, 1.82) is 0 Å². The van der Waals surface area contributed by atoms with Crippen molar-refractivity contribution >= 4 is 28.1 Å². The first-order valence-electron chi connectivity index (χ1n) is 6.26. The number of nitrogens with zero attached hydrogens (tertiary/aromatic N) is 3. The van der Waals surface area contributed by atoms with Gasteiger partial charge in [-0.1, -0.05) is 0 Å². The third-order valence-electron chi connectivity index (χ3n) is 3.73. The van der Waals surface area contributed by atoms with Crippen LogP contribution in [0.3, 0.4) is 0 Å². The highest BCUT2D eigenvalue weighted by Gasteiger charge is 2.32. The van der Waals surface area contributed by atoms with Gasteiger partial charge in [-0.25, -0.2) is 4.52 Å². The Morgan fingerprint density at radius 3 is 3.00 bits per heavy atom. The largest absolute Gasteiger partial charge is 0.347 e. The summed E-state index contributed by atoms with van der Waals surface area (Å²) < 4.78 is 2.98. The Morgan fingerprint density at radius 1 is 1.30 bits per heavy atom. The summed E-state index contributed by atoms with van der Waals surface area (Å²) in [6.45, 7) is 0.0355. The molecule has 0 radical (unpaired) electrons. The summed E-state index contributed by atoms with van der Waals surface area (Å²) in [5.41, 5.74) is 1.01. The van der Waals surface area contributed by atoms with Gasteiger partial charge in [0, 0.05) is 12.6 Å². The molecule has 4 rings (SSSR count). The van der Waals surface area contributed by atoms with E-state index < -0.39 is 6.04 Å². The van der Waals surface area contributed by atoms with Gasteiger partial charge in [0.25, 0.3) is 5.56 Å². The van der Waals surface area contributed by atoms with Crippen molar-refractivity contribution in [2.75, 3.05) is 6.54 Å². The number of nitrogens with one attached hydrogen (secondary N) is 1. The van der Waals surface area contributed by atoms with Gasteiger partial charge in [-0.05, 0) is 12.1 Å². The summed E-state index contributed by atoms with van der Waals surface area (Å²) in [4.78, 5) is 36.0. The molecule has 1 atom stereocenters. The highest BCUT2D eigenvalue weighted by atomic mass is 16.2. The molecule has 0 spiro atoms. The summed E-state index contributed by atoms with van der Waals surface area (Å²) >= 11 is 0. The van der Waals surface area contributed by atoms with Crippen LogP contribution in [0.5, 0.6) is 0 Å². The average molecular weight is 270 g/mol. The normalized spacial score (nSPS) is 19.9. The van der Waals surface area contributed by atoms with E-state index in [0.29, 0.717) is 16.4 Å². The third-order valence-corrected chi connectivity index (χ3v) is 3.73. The topological polar surface area (TPSA) is 85.5 Å². The minimum atomic E-state index is -0.788. The van der Waals surface area contributed by atoms with Crippen LogP contribution in [0.4, 0.5) is 0 Å². The zero-order valence-corrected chi connectivity index (χ0v) is 10.4. The maximum absolute atomic E-state index is 12.5. The lowest BCUT2D eigenvalue weighted by Gasteiger charge is -2.22. The van der Waals surface area contributed by atoms with Crippen LogP contribution >= 0.6 is 0 Å². The molecule has 100 valence electrons. The van der Waals surface area contributed by atoms with E-state index in [1.807, 2.05) is 0 Å². The molecule has 1 aliphatic heterocycles. The molecule has 3 aromatic rings. The van der Waals surface area contributed by atoms with Crippen molar-refractivity contribution in [3.63, 3.8) is 0 Å². The molecule has 1 N–H and O–H groups in total. The number of carbonyl (C=O) groups excluding carboxylic acids is 2. The van der Waals surface area contributed by atoms with E-state index in [-0.39, 0.29) is 30.2 Å². The maximum Gasteiger partial charge on any atom is 0.261 e. The molecule has 1 unspecified atom stereocenters. The van der Waals surface area contributed by atoms with Crippen LogP contribution in [0.25, 0.3) is 16.4 Å². The molecule has 1 aliphatic rings. The molecular weight excluding hydrogens is 260 g/mol. The number of piperidine rings is 1. The highest BCUT2D eigenvalue weighted by Crippen LogP contribution is 2.24. The lowest BCUT2D eigenvalue weighted by Crippen LogP contribution is -2.44. The number of pyridine rings is 1. The molecule has 20 heavy (non-hydrogen) atoms. The Hall–Kier alpha value is -2.70. The number of hydrogen-bond donors (Lipinski definition) is 1. The van der Waals surface area contributed by atoms with E-state index in [0.717, 1.165) is 0 Å². The SMILES string of the molecule is O=C1CNC(=O)C(n2c(=O)c3cccn4ncc2c34)C1. The molecule has 0 bridgehead atoms. The van der Waals surface area contributed by atoms with E-state index in [4.69, 9.17) is 0 Å². The summed E-state index contributed by atoms with van der Waals surface area (Å²) in [6.07, 6.45) is 3.34. The second kappa shape index (κ2) is 3.66. The number of amides is 1. The van der Waals surface area contributed by atoms with Crippen LogP contribution in [0.15, 0.2) is 29.3 Å². The smallest absolute Gasteiger partial charge is 0.261 e. The fourth-order valence-electron chi connectivity index (χ4n) is 2.82. The number of Topliss-reactive ketones (excluding diaryl/α,β-unsaturated/α-hetero) is 1. The van der Waals surface area contributed by atoms with E-state index in [9.17, 15) is 14.4 Å². The molecule has 0 saturated carbocycles. The van der Waals surface area contributed by atoms with Crippen LogP contribution in [-0.4, -0.2) is 32.4 Å². The number of carbonyl (C=O) groups is 2. The van der Waals surface area contributed by atoms with E-state index in [1.165, 1.54) is 4.57 Å². The molecule has 7 nitrogen and oxygen atoms in total. The standard InChI is InChI=1S/C13H10N4O3/c18-7-4-9(12(19)14-5-7)17-10-6-15-16-3-1-2-8(11(10)16)13(17)20/h1-3,6,9H,4-5H2,(H,14,19). The van der Waals surface area contributed by atoms with Crippen LogP contribution in [0.1, 0.15) is 12.5 Å². The predicted molar refractivity (Wildman–Crippen MR) is 69.8 cm³/mol. The molecule has 0 aliphatic carbocycles. The van der Waals surface area contributed by atoms with Crippen molar-refractivity contribution in [1.82, 2.24) is 19.5 Å². The summed E-state index contributed by atoms with van der Waals surface area (Å²) in [5, 5.41) is 7.19. The lowest BCUT2D eigenvalue weighted by atomic mass is 10.1. The van der Waals surface area contributed by atoms with Gasteiger partial charge in [0.2, 0.25) is 5.91 Å². The Morgan fingerprint density at radius 2 is 2.15 bits per heavy atom. The molecule has 1 amide bonds. The Bertz CT molecular complexity index is 907. The Balaban J connectivity index is 2.04. The van der Waals surface area contributed by atoms with Crippen molar-refractivity contribution in [2.24, 2.45) is 0 Å². The van der Waals surface area contributed by atoms with Crippen LogP contribution in [-0.2, 0) is 9.59 Å². The third kappa shape index (κ3) is 1.29. The molecule has 7 heteroatoms. The quantitative estimate of drug-likeness (QED) is 0.659. The minimum Gasteiger partial charge on any atom is -0.347 e. The average Bonchev–Trinajstić information content (AvgIpc) is 2.98. The second-order valence-electron chi connectivity index (χ2n) is 4.90. The predicted octanol–water partition coefficient (Wildman–Crippen LogP) is -0.283. The van der Waals surface area contributed by atoms with E-state index >= 15 is 0 Å².